The fourth-order valence-corrected chi connectivity index (χ4v) is 4.47. The molecule has 0 radical (unpaired) electrons. The zero-order chi connectivity index (χ0) is 25.7. The summed E-state index contributed by atoms with van der Waals surface area (Å²) in [4.78, 5) is 30.7. The Hall–Kier alpha value is -3.97. The Bertz CT molecular complexity index is 1380. The van der Waals surface area contributed by atoms with Gasteiger partial charge >= 0.3 is 6.03 Å². The summed E-state index contributed by atoms with van der Waals surface area (Å²) in [5, 5.41) is 8.97. The second-order valence-electron chi connectivity index (χ2n) is 8.96. The number of carbonyl (C=O) groups excluding carboxylic acids is 1. The number of nitrogens with one attached hydrogen (secondary N) is 3. The third-order valence-corrected chi connectivity index (χ3v) is 6.36. The molecule has 2 fully saturated rings. The molecule has 0 saturated carbocycles. The van der Waals surface area contributed by atoms with Gasteiger partial charge in [0, 0.05) is 55.4 Å². The van der Waals surface area contributed by atoms with E-state index in [1.807, 2.05) is 28.8 Å². The van der Waals surface area contributed by atoms with Gasteiger partial charge in [-0.25, -0.2) is 19.7 Å². The van der Waals surface area contributed by atoms with Crippen LogP contribution in [0.15, 0.2) is 55.1 Å². The van der Waals surface area contributed by atoms with Gasteiger partial charge in [0.05, 0.1) is 26.1 Å². The molecule has 0 aliphatic carbocycles. The Morgan fingerprint density at radius 2 is 1.74 bits per heavy atom. The van der Waals surface area contributed by atoms with Crippen LogP contribution in [0.4, 0.5) is 16.2 Å². The molecule has 2 aliphatic heterocycles. The molecule has 3 N–H and O–H groups in total. The van der Waals surface area contributed by atoms with Crippen molar-refractivity contribution in [2.75, 3.05) is 43.5 Å². The molecule has 3 aromatic heterocycles. The van der Waals surface area contributed by atoms with Crippen molar-refractivity contribution in [1.29, 1.82) is 0 Å². The zero-order valence-corrected chi connectivity index (χ0v) is 20.7. The van der Waals surface area contributed by atoms with Crippen molar-refractivity contribution in [2.24, 2.45) is 0 Å². The molecule has 4 aromatic rings. The predicted octanol–water partition coefficient (Wildman–Crippen LogP) is 2.96. The largest absolute Gasteiger partial charge is 0.369 e. The van der Waals surface area contributed by atoms with Crippen LogP contribution in [0.1, 0.15) is 18.2 Å². The average molecular weight is 517 g/mol. The lowest BCUT2D eigenvalue weighted by molar-refractivity contribution is -0.0489. The zero-order valence-electron chi connectivity index (χ0n) is 20.7. The Kier molecular flexibility index (Phi) is 7.18. The second kappa shape index (κ2) is 11.2. The lowest BCUT2D eigenvalue weighted by Crippen LogP contribution is -2.34. The number of fused-ring (bicyclic) bond motifs is 1. The number of aromatic nitrogens is 5. The van der Waals surface area contributed by atoms with E-state index < -0.39 is 0 Å². The molecule has 6 rings (SSSR count). The minimum Gasteiger partial charge on any atom is -0.369 e. The molecule has 196 valence electrons. The van der Waals surface area contributed by atoms with Gasteiger partial charge in [0.15, 0.2) is 17.8 Å². The van der Waals surface area contributed by atoms with Crippen LogP contribution in [0.2, 0.25) is 0 Å². The van der Waals surface area contributed by atoms with Gasteiger partial charge in [-0.1, -0.05) is 0 Å². The highest BCUT2D eigenvalue weighted by Crippen LogP contribution is 2.28. The number of hydrogen-bond donors (Lipinski definition) is 3. The van der Waals surface area contributed by atoms with Crippen molar-refractivity contribution in [3.8, 4) is 11.4 Å². The van der Waals surface area contributed by atoms with Gasteiger partial charge in [-0.2, -0.15) is 0 Å². The molecule has 2 saturated heterocycles. The number of pyridine rings is 1. The van der Waals surface area contributed by atoms with E-state index in [1.54, 1.807) is 30.9 Å². The summed E-state index contributed by atoms with van der Waals surface area (Å²) in [6.07, 6.45) is 5.28. The molecule has 12 heteroatoms. The minimum absolute atomic E-state index is 0.213. The maximum Gasteiger partial charge on any atom is 0.323 e. The van der Waals surface area contributed by atoms with Gasteiger partial charge in [-0.15, -0.1) is 0 Å². The van der Waals surface area contributed by atoms with Crippen molar-refractivity contribution >= 4 is 28.6 Å². The average Bonchev–Trinajstić information content (AvgIpc) is 3.63. The van der Waals surface area contributed by atoms with Crippen LogP contribution < -0.4 is 16.0 Å². The van der Waals surface area contributed by atoms with Gasteiger partial charge in [0.25, 0.3) is 0 Å². The summed E-state index contributed by atoms with van der Waals surface area (Å²) in [5.74, 6) is 0.560. The summed E-state index contributed by atoms with van der Waals surface area (Å²) in [6, 6.07) is 10.5. The number of rotatable bonds is 7. The number of hydrogen-bond acceptors (Lipinski definition) is 9. The number of morpholine rings is 1. The lowest BCUT2D eigenvalue weighted by Gasteiger charge is -2.23. The molecule has 1 atom stereocenters. The summed E-state index contributed by atoms with van der Waals surface area (Å²) < 4.78 is 19.2. The van der Waals surface area contributed by atoms with Crippen molar-refractivity contribution in [1.82, 2.24) is 29.8 Å². The molecule has 0 bridgehead atoms. The maximum atomic E-state index is 12.4. The summed E-state index contributed by atoms with van der Waals surface area (Å²) in [6.45, 7) is 3.94. The van der Waals surface area contributed by atoms with E-state index in [0.29, 0.717) is 56.5 Å². The van der Waals surface area contributed by atoms with Crippen LogP contribution in [0.25, 0.3) is 22.6 Å². The lowest BCUT2D eigenvalue weighted by atomic mass is 10.1. The summed E-state index contributed by atoms with van der Waals surface area (Å²) in [7, 11) is 0. The Morgan fingerprint density at radius 3 is 2.47 bits per heavy atom. The van der Waals surface area contributed by atoms with Gasteiger partial charge in [0.2, 0.25) is 0 Å². The third-order valence-electron chi connectivity index (χ3n) is 6.36. The van der Waals surface area contributed by atoms with Gasteiger partial charge in [-0.3, -0.25) is 4.98 Å². The van der Waals surface area contributed by atoms with Crippen molar-refractivity contribution in [3.63, 3.8) is 0 Å². The van der Waals surface area contributed by atoms with Crippen LogP contribution in [0.3, 0.4) is 0 Å². The fraction of sp³-hybridized carbons (Fsp3) is 0.346. The Morgan fingerprint density at radius 1 is 0.974 bits per heavy atom. The number of imidazole rings is 1. The van der Waals surface area contributed by atoms with Crippen LogP contribution in [0.5, 0.6) is 0 Å². The number of urea groups is 1. The van der Waals surface area contributed by atoms with Gasteiger partial charge in [-0.05, 0) is 36.4 Å². The number of anilines is 2. The normalized spacial score (nSPS) is 18.1. The third kappa shape index (κ3) is 5.48. The maximum absolute atomic E-state index is 12.4. The van der Waals surface area contributed by atoms with Crippen LogP contribution in [-0.2, 0) is 20.8 Å². The van der Waals surface area contributed by atoms with Crippen LogP contribution in [0, 0.1) is 0 Å². The number of amides is 2. The van der Waals surface area contributed by atoms with Crippen molar-refractivity contribution in [2.45, 2.75) is 25.4 Å². The number of ether oxygens (including phenoxy) is 3. The summed E-state index contributed by atoms with van der Waals surface area (Å²) in [5.41, 5.74) is 4.32. The van der Waals surface area contributed by atoms with Gasteiger partial charge < -0.3 is 34.7 Å². The highest BCUT2D eigenvalue weighted by molar-refractivity contribution is 5.99. The molecule has 5 heterocycles. The van der Waals surface area contributed by atoms with E-state index >= 15 is 0 Å². The molecule has 12 nitrogen and oxygen atoms in total. The van der Waals surface area contributed by atoms with Crippen molar-refractivity contribution < 1.29 is 19.0 Å². The molecule has 1 unspecified atom stereocenters. The smallest absolute Gasteiger partial charge is 0.323 e. The first-order chi connectivity index (χ1) is 18.7. The second-order valence-corrected chi connectivity index (χ2v) is 8.96. The molecule has 0 spiro atoms. The van der Waals surface area contributed by atoms with E-state index in [1.165, 1.54) is 0 Å². The van der Waals surface area contributed by atoms with E-state index in [0.717, 1.165) is 29.0 Å². The first-order valence-corrected chi connectivity index (χ1v) is 12.6. The Balaban J connectivity index is 1.25. The number of carbonyl (C=O) groups is 1. The van der Waals surface area contributed by atoms with Crippen LogP contribution in [-0.4, -0.2) is 69.7 Å². The molecule has 1 aromatic carbocycles. The SMILES string of the molecule is O=C(Nc1ccncc1)Nc1ccc(-c2nc(C3CNCCO3)c3ncn(CCC4OCCO4)c3n2)cc1. The Labute approximate surface area is 218 Å². The molecule has 2 aliphatic rings. The monoisotopic (exact) mass is 516 g/mol. The van der Waals surface area contributed by atoms with E-state index in [9.17, 15) is 4.79 Å². The van der Waals surface area contributed by atoms with E-state index in [2.05, 4.69) is 25.9 Å². The standard InChI is InChI=1S/C26H28N8O4/c35-26(31-19-5-8-27-9-6-19)30-18-3-1-17(2-4-18)24-32-22(20-15-28-10-12-36-20)23-25(33-24)34(16-29-23)11-7-21-37-13-14-38-21/h1-6,8-9,16,20-21,28H,7,10-15H2,(H2,27,30,31,35). The highest BCUT2D eigenvalue weighted by Gasteiger charge is 2.25. The predicted molar refractivity (Wildman–Crippen MR) is 140 cm³/mol. The number of nitrogens with zero attached hydrogens (tertiary/aromatic N) is 5. The minimum atomic E-state index is -0.343. The van der Waals surface area contributed by atoms with Gasteiger partial charge in [0.1, 0.15) is 17.3 Å². The number of benzene rings is 1. The molecule has 38 heavy (non-hydrogen) atoms. The molecular formula is C26H28N8O4. The molecule has 2 amide bonds. The molecular weight excluding hydrogens is 488 g/mol. The number of aryl methyl sites for hydroxylation is 1. The topological polar surface area (TPSA) is 137 Å². The van der Waals surface area contributed by atoms with E-state index in [-0.39, 0.29) is 18.4 Å². The first-order valence-electron chi connectivity index (χ1n) is 12.6. The van der Waals surface area contributed by atoms with E-state index in [4.69, 9.17) is 24.2 Å². The summed E-state index contributed by atoms with van der Waals surface area (Å²) >= 11 is 0. The first kappa shape index (κ1) is 24.4. The fourth-order valence-electron chi connectivity index (χ4n) is 4.47. The van der Waals surface area contributed by atoms with Crippen LogP contribution >= 0.6 is 0 Å². The highest BCUT2D eigenvalue weighted by atomic mass is 16.7. The van der Waals surface area contributed by atoms with Crippen molar-refractivity contribution in [3.05, 3.63) is 60.8 Å². The quantitative estimate of drug-likeness (QED) is 0.338.